The van der Waals surface area contributed by atoms with E-state index >= 15 is 0 Å². The zero-order valence-electron chi connectivity index (χ0n) is 11.1. The van der Waals surface area contributed by atoms with Crippen LogP contribution in [0.5, 0.6) is 0 Å². The molecule has 0 aliphatic carbocycles. The molecule has 94 valence electrons. The van der Waals surface area contributed by atoms with Gasteiger partial charge in [0.05, 0.1) is 17.5 Å². The first-order valence-corrected chi connectivity index (χ1v) is 6.35. The lowest BCUT2D eigenvalue weighted by Gasteiger charge is -2.10. The molecule has 1 aromatic heterocycles. The lowest BCUT2D eigenvalue weighted by molar-refractivity contribution is 0.101. The van der Waals surface area contributed by atoms with Gasteiger partial charge in [-0.05, 0) is 65.9 Å². The maximum Gasteiger partial charge on any atom is 0.163 e. The fourth-order valence-electron chi connectivity index (χ4n) is 2.08. The van der Waals surface area contributed by atoms with Gasteiger partial charge in [-0.25, -0.2) is 4.45 Å². The van der Waals surface area contributed by atoms with Crippen molar-refractivity contribution >= 4 is 15.2 Å². The second-order valence-electron chi connectivity index (χ2n) is 4.64. The van der Waals surface area contributed by atoms with E-state index in [0.29, 0.717) is 5.56 Å². The van der Waals surface area contributed by atoms with Crippen molar-refractivity contribution in [3.05, 3.63) is 40.6 Å². The Balaban J connectivity index is 2.69. The van der Waals surface area contributed by atoms with Gasteiger partial charge in [0.1, 0.15) is 0 Å². The number of aromatic nitrogens is 2. The number of Topliss-reactive ketones (excluding diaryl/α,β-unsaturated/α-hetero) is 1. The Labute approximate surface area is 109 Å². The number of ketones is 1. The van der Waals surface area contributed by atoms with Gasteiger partial charge in [0.15, 0.2) is 5.78 Å². The van der Waals surface area contributed by atoms with Crippen molar-refractivity contribution in [1.29, 1.82) is 0 Å². The predicted molar refractivity (Wildman–Crippen MR) is 77.0 cm³/mol. The number of rotatable bonds is 2. The monoisotopic (exact) mass is 260 g/mol. The summed E-state index contributed by atoms with van der Waals surface area (Å²) in [6.45, 7) is 7.85. The zero-order chi connectivity index (χ0) is 13.4. The molecule has 0 radical (unpaired) electrons. The minimum atomic E-state index is 0.0366. The van der Waals surface area contributed by atoms with Gasteiger partial charge >= 0.3 is 0 Å². The highest BCUT2D eigenvalue weighted by Crippen LogP contribution is 2.29. The molecule has 1 aromatic carbocycles. The van der Waals surface area contributed by atoms with Crippen LogP contribution in [0.2, 0.25) is 0 Å². The molecule has 0 saturated heterocycles. The fraction of sp³-hybridized carbons (Fsp3) is 0.286. The number of nitrogens with zero attached hydrogens (tertiary/aromatic N) is 2. The summed E-state index contributed by atoms with van der Waals surface area (Å²) in [5.41, 5.74) is 6.30. The molecule has 3 nitrogen and oxygen atoms in total. The molecule has 4 heteroatoms. The van der Waals surface area contributed by atoms with Crippen molar-refractivity contribution in [2.45, 2.75) is 27.7 Å². The van der Waals surface area contributed by atoms with Crippen molar-refractivity contribution in [1.82, 2.24) is 9.55 Å². The minimum absolute atomic E-state index is 0.0366. The standard InChI is InChI=1S/C14H17N2OP/c1-8-5-12(6-9(2)10(8)3)14-13(11(4)17)7-15-16(14)18/h5-7H,18H2,1-4H3. The first-order valence-electron chi connectivity index (χ1n) is 5.84. The molecule has 0 bridgehead atoms. The van der Waals surface area contributed by atoms with Gasteiger partial charge in [0.2, 0.25) is 0 Å². The number of hydrogen-bond donors (Lipinski definition) is 0. The highest BCUT2D eigenvalue weighted by atomic mass is 31.0. The van der Waals surface area contributed by atoms with Gasteiger partial charge in [0.25, 0.3) is 0 Å². The molecule has 18 heavy (non-hydrogen) atoms. The van der Waals surface area contributed by atoms with Gasteiger partial charge in [-0.15, -0.1) is 0 Å². The first kappa shape index (κ1) is 13.0. The van der Waals surface area contributed by atoms with E-state index in [1.165, 1.54) is 16.7 Å². The molecule has 0 aliphatic heterocycles. The second-order valence-corrected chi connectivity index (χ2v) is 5.13. The Morgan fingerprint density at radius 3 is 2.28 bits per heavy atom. The van der Waals surface area contributed by atoms with E-state index in [2.05, 4.69) is 47.4 Å². The van der Waals surface area contributed by atoms with Crippen molar-refractivity contribution in [3.8, 4) is 11.3 Å². The first-order chi connectivity index (χ1) is 8.41. The maximum atomic E-state index is 11.6. The van der Waals surface area contributed by atoms with Crippen LogP contribution in [0.25, 0.3) is 11.3 Å². The highest BCUT2D eigenvalue weighted by Gasteiger charge is 2.15. The number of benzene rings is 1. The van der Waals surface area contributed by atoms with Gasteiger partial charge < -0.3 is 0 Å². The van der Waals surface area contributed by atoms with E-state index in [4.69, 9.17) is 0 Å². The van der Waals surface area contributed by atoms with Crippen LogP contribution in [-0.2, 0) is 0 Å². The summed E-state index contributed by atoms with van der Waals surface area (Å²) in [5, 5.41) is 4.15. The van der Waals surface area contributed by atoms with E-state index in [1.54, 1.807) is 17.6 Å². The Bertz CT molecular complexity index is 606. The van der Waals surface area contributed by atoms with Crippen molar-refractivity contribution in [2.24, 2.45) is 0 Å². The Hall–Kier alpha value is -1.47. The van der Waals surface area contributed by atoms with Crippen LogP contribution < -0.4 is 0 Å². The lowest BCUT2D eigenvalue weighted by Crippen LogP contribution is -1.97. The molecule has 2 rings (SSSR count). The third-order valence-corrected chi connectivity index (χ3v) is 3.77. The molecule has 0 saturated carbocycles. The molecule has 0 spiro atoms. The van der Waals surface area contributed by atoms with E-state index in [0.717, 1.165) is 11.3 Å². The number of hydrogen-bond acceptors (Lipinski definition) is 2. The summed E-state index contributed by atoms with van der Waals surface area (Å²) in [5.74, 6) is 0.0366. The smallest absolute Gasteiger partial charge is 0.163 e. The molecule has 0 fully saturated rings. The minimum Gasteiger partial charge on any atom is -0.294 e. The third kappa shape index (κ3) is 2.11. The number of aryl methyl sites for hydroxylation is 2. The molecule has 0 N–H and O–H groups in total. The highest BCUT2D eigenvalue weighted by molar-refractivity contribution is 7.14. The van der Waals surface area contributed by atoms with Crippen LogP contribution in [0.3, 0.4) is 0 Å². The van der Waals surface area contributed by atoms with Gasteiger partial charge in [-0.3, -0.25) is 4.79 Å². The largest absolute Gasteiger partial charge is 0.294 e. The quantitative estimate of drug-likeness (QED) is 0.613. The summed E-state index contributed by atoms with van der Waals surface area (Å²) < 4.78 is 1.68. The molecule has 0 amide bonds. The number of carbonyl (C=O) groups is 1. The molecule has 0 aliphatic rings. The van der Waals surface area contributed by atoms with Gasteiger partial charge in [0, 0.05) is 5.56 Å². The van der Waals surface area contributed by atoms with Gasteiger partial charge in [-0.1, -0.05) is 0 Å². The van der Waals surface area contributed by atoms with Crippen LogP contribution in [0.15, 0.2) is 18.3 Å². The SMILES string of the molecule is CC(=O)c1cnn(P)c1-c1cc(C)c(C)c(C)c1. The maximum absolute atomic E-state index is 11.6. The van der Waals surface area contributed by atoms with Crippen molar-refractivity contribution < 1.29 is 4.79 Å². The normalized spacial score (nSPS) is 10.7. The molecule has 1 unspecified atom stereocenters. The average Bonchev–Trinajstić information content (AvgIpc) is 2.67. The molecule has 1 heterocycles. The average molecular weight is 260 g/mol. The predicted octanol–water partition coefficient (Wildman–Crippen LogP) is 3.32. The Morgan fingerprint density at radius 1 is 1.22 bits per heavy atom. The van der Waals surface area contributed by atoms with Crippen molar-refractivity contribution in [3.63, 3.8) is 0 Å². The molecular weight excluding hydrogens is 243 g/mol. The summed E-state index contributed by atoms with van der Waals surface area (Å²) >= 11 is 0. The molecule has 2 aromatic rings. The lowest BCUT2D eigenvalue weighted by atomic mass is 9.97. The summed E-state index contributed by atoms with van der Waals surface area (Å²) in [6, 6.07) is 4.21. The zero-order valence-corrected chi connectivity index (χ0v) is 12.3. The van der Waals surface area contributed by atoms with Crippen LogP contribution in [0.1, 0.15) is 34.0 Å². The van der Waals surface area contributed by atoms with Crippen LogP contribution in [-0.4, -0.2) is 15.3 Å². The second kappa shape index (κ2) is 4.66. The molecular formula is C14H17N2OP. The topological polar surface area (TPSA) is 34.9 Å². The molecule has 1 atom stereocenters. The Kier molecular flexibility index (Phi) is 3.36. The fourth-order valence-corrected chi connectivity index (χ4v) is 2.43. The van der Waals surface area contributed by atoms with E-state index < -0.39 is 0 Å². The van der Waals surface area contributed by atoms with Crippen molar-refractivity contribution in [2.75, 3.05) is 0 Å². The summed E-state index contributed by atoms with van der Waals surface area (Å²) in [6.07, 6.45) is 1.62. The van der Waals surface area contributed by atoms with E-state index in [1.807, 2.05) is 0 Å². The van der Waals surface area contributed by atoms with Crippen LogP contribution in [0, 0.1) is 20.8 Å². The number of carbonyl (C=O) groups excluding carboxylic acids is 1. The van der Waals surface area contributed by atoms with E-state index in [9.17, 15) is 4.79 Å². The summed E-state index contributed by atoms with van der Waals surface area (Å²) in [7, 11) is 2.52. The van der Waals surface area contributed by atoms with Crippen LogP contribution in [0.4, 0.5) is 0 Å². The Morgan fingerprint density at radius 2 is 1.78 bits per heavy atom. The van der Waals surface area contributed by atoms with E-state index in [-0.39, 0.29) is 5.78 Å². The van der Waals surface area contributed by atoms with Gasteiger partial charge in [-0.2, -0.15) is 5.10 Å². The summed E-state index contributed by atoms with van der Waals surface area (Å²) in [4.78, 5) is 11.6. The third-order valence-electron chi connectivity index (χ3n) is 3.38. The van der Waals surface area contributed by atoms with Crippen LogP contribution >= 0.6 is 9.39 Å².